The molecule has 0 saturated heterocycles. The molecule has 0 aromatic carbocycles. The van der Waals surface area contributed by atoms with Gasteiger partial charge in [0.05, 0.1) is 12.7 Å². The summed E-state index contributed by atoms with van der Waals surface area (Å²) in [6.45, 7) is 0. The molecule has 0 saturated carbocycles. The fourth-order valence-corrected chi connectivity index (χ4v) is 1.16. The quantitative estimate of drug-likeness (QED) is 0.803. The minimum atomic E-state index is -0.460. The Morgan fingerprint density at radius 2 is 2.39 bits per heavy atom. The van der Waals surface area contributed by atoms with Crippen molar-refractivity contribution in [2.75, 3.05) is 12.4 Å². The highest BCUT2D eigenvalue weighted by atomic mass is 16.5. The van der Waals surface area contributed by atoms with Crippen LogP contribution < -0.4 is 10.1 Å². The average Bonchev–Trinajstić information content (AvgIpc) is 2.86. The molecule has 0 unspecified atom stereocenters. The first kappa shape index (κ1) is 11.5. The van der Waals surface area contributed by atoms with Crippen LogP contribution in [0.2, 0.25) is 0 Å². The van der Waals surface area contributed by atoms with Crippen molar-refractivity contribution >= 4 is 11.9 Å². The number of anilines is 1. The molecule has 1 amide bonds. The second kappa shape index (κ2) is 4.92. The van der Waals surface area contributed by atoms with E-state index in [2.05, 4.69) is 25.5 Å². The number of hydrogen-bond acceptors (Lipinski definition) is 6. The van der Waals surface area contributed by atoms with Crippen LogP contribution in [0.3, 0.4) is 0 Å². The lowest BCUT2D eigenvalue weighted by atomic mass is 10.2. The molecule has 2 rings (SSSR count). The molecule has 90 valence electrons. The van der Waals surface area contributed by atoms with Gasteiger partial charge in [-0.05, 0) is 12.1 Å². The average molecular weight is 244 g/mol. The molecule has 0 aliphatic heterocycles. The molecule has 0 spiro atoms. The van der Waals surface area contributed by atoms with E-state index in [1.165, 1.54) is 25.4 Å². The van der Waals surface area contributed by atoms with Crippen molar-refractivity contribution in [2.45, 2.75) is 0 Å². The molecule has 2 N–H and O–H groups in total. The second-order valence-electron chi connectivity index (χ2n) is 3.17. The van der Waals surface area contributed by atoms with E-state index in [1.54, 1.807) is 0 Å². The Balaban J connectivity index is 2.09. The highest BCUT2D eigenvalue weighted by Crippen LogP contribution is 2.06. The van der Waals surface area contributed by atoms with Crippen molar-refractivity contribution in [3.63, 3.8) is 0 Å². The van der Waals surface area contributed by atoms with Gasteiger partial charge in [0, 0.05) is 6.20 Å². The van der Waals surface area contributed by atoms with Crippen molar-refractivity contribution in [1.29, 1.82) is 5.26 Å². The Kier molecular flexibility index (Phi) is 3.15. The van der Waals surface area contributed by atoms with Gasteiger partial charge in [-0.1, -0.05) is 0 Å². The summed E-state index contributed by atoms with van der Waals surface area (Å²) in [7, 11) is 1.41. The Hall–Kier alpha value is -2.95. The molecule has 0 bridgehead atoms. The largest absolute Gasteiger partial charge is 0.466 e. The monoisotopic (exact) mass is 244 g/mol. The molecule has 18 heavy (non-hydrogen) atoms. The summed E-state index contributed by atoms with van der Waals surface area (Å²) in [6, 6.07) is 4.99. The van der Waals surface area contributed by atoms with Gasteiger partial charge in [-0.2, -0.15) is 10.2 Å². The zero-order valence-corrected chi connectivity index (χ0v) is 9.34. The fourth-order valence-electron chi connectivity index (χ4n) is 1.16. The third-order valence-corrected chi connectivity index (χ3v) is 2.00. The molecular formula is C10H8N6O2. The van der Waals surface area contributed by atoms with Crippen LogP contribution >= 0.6 is 0 Å². The number of aromatic nitrogens is 4. The third-order valence-electron chi connectivity index (χ3n) is 2.00. The maximum atomic E-state index is 11.7. The summed E-state index contributed by atoms with van der Waals surface area (Å²) in [5.74, 6) is -0.304. The van der Waals surface area contributed by atoms with Crippen LogP contribution in [0.25, 0.3) is 0 Å². The number of ether oxygens (including phenoxy) is 1. The standard InChI is InChI=1S/C10H8N6O2/c1-18-10-14-9(15-16-10)13-8(17)7-3-2-6(4-11)5-12-7/h2-3,5H,1H3,(H2,13,14,15,16,17). The van der Waals surface area contributed by atoms with Crippen LogP contribution in [-0.2, 0) is 0 Å². The number of pyridine rings is 1. The minimum Gasteiger partial charge on any atom is -0.466 e. The van der Waals surface area contributed by atoms with E-state index >= 15 is 0 Å². The molecule has 0 atom stereocenters. The van der Waals surface area contributed by atoms with Crippen LogP contribution in [0.5, 0.6) is 6.01 Å². The molecule has 2 aromatic rings. The van der Waals surface area contributed by atoms with E-state index in [0.29, 0.717) is 5.56 Å². The summed E-state index contributed by atoms with van der Waals surface area (Å²) in [5, 5.41) is 17.2. The highest BCUT2D eigenvalue weighted by molar-refractivity contribution is 6.01. The van der Waals surface area contributed by atoms with Crippen molar-refractivity contribution in [1.82, 2.24) is 20.2 Å². The topological polar surface area (TPSA) is 117 Å². The van der Waals surface area contributed by atoms with Crippen LogP contribution in [0.1, 0.15) is 16.1 Å². The normalized spacial score (nSPS) is 9.56. The van der Waals surface area contributed by atoms with E-state index in [1.807, 2.05) is 6.07 Å². The van der Waals surface area contributed by atoms with Gasteiger partial charge in [0.2, 0.25) is 5.95 Å². The van der Waals surface area contributed by atoms with Crippen molar-refractivity contribution in [2.24, 2.45) is 0 Å². The number of hydrogen-bond donors (Lipinski definition) is 2. The molecule has 2 heterocycles. The lowest BCUT2D eigenvalue weighted by Crippen LogP contribution is -2.14. The van der Waals surface area contributed by atoms with E-state index in [-0.39, 0.29) is 17.7 Å². The fraction of sp³-hybridized carbons (Fsp3) is 0.100. The molecule has 0 fully saturated rings. The first-order chi connectivity index (χ1) is 8.72. The number of nitrogens with one attached hydrogen (secondary N) is 2. The molecule has 8 heteroatoms. The zero-order chi connectivity index (χ0) is 13.0. The number of aromatic amines is 1. The summed E-state index contributed by atoms with van der Waals surface area (Å²) in [6.07, 6.45) is 1.32. The van der Waals surface area contributed by atoms with E-state index in [4.69, 9.17) is 10.00 Å². The molecule has 8 nitrogen and oxygen atoms in total. The van der Waals surface area contributed by atoms with Crippen molar-refractivity contribution < 1.29 is 9.53 Å². The van der Waals surface area contributed by atoms with Crippen LogP contribution in [0.15, 0.2) is 18.3 Å². The Bertz CT molecular complexity index is 598. The van der Waals surface area contributed by atoms with Crippen LogP contribution in [-0.4, -0.2) is 33.2 Å². The Labute approximate surface area is 102 Å². The van der Waals surface area contributed by atoms with E-state index in [0.717, 1.165) is 0 Å². The van der Waals surface area contributed by atoms with Gasteiger partial charge in [-0.15, -0.1) is 5.10 Å². The molecular weight excluding hydrogens is 236 g/mol. The van der Waals surface area contributed by atoms with Gasteiger partial charge in [-0.3, -0.25) is 10.1 Å². The van der Waals surface area contributed by atoms with Gasteiger partial charge in [-0.25, -0.2) is 10.1 Å². The summed E-state index contributed by atoms with van der Waals surface area (Å²) in [4.78, 5) is 19.4. The SMILES string of the molecule is COc1n[nH]c(NC(=O)c2ccc(C#N)cn2)n1. The highest BCUT2D eigenvalue weighted by Gasteiger charge is 2.10. The number of rotatable bonds is 3. The number of nitrogens with zero attached hydrogens (tertiary/aromatic N) is 4. The van der Waals surface area contributed by atoms with Crippen molar-refractivity contribution in [3.05, 3.63) is 29.6 Å². The second-order valence-corrected chi connectivity index (χ2v) is 3.17. The maximum Gasteiger partial charge on any atom is 0.336 e. The van der Waals surface area contributed by atoms with Gasteiger partial charge < -0.3 is 4.74 Å². The van der Waals surface area contributed by atoms with E-state index < -0.39 is 5.91 Å². The number of H-pyrrole nitrogens is 1. The molecule has 0 aliphatic carbocycles. The Morgan fingerprint density at radius 1 is 1.56 bits per heavy atom. The molecule has 0 radical (unpaired) electrons. The number of amides is 1. The third kappa shape index (κ3) is 2.41. The zero-order valence-electron chi connectivity index (χ0n) is 9.34. The molecule has 0 aliphatic rings. The maximum absolute atomic E-state index is 11.7. The lowest BCUT2D eigenvalue weighted by molar-refractivity contribution is 0.102. The first-order valence-corrected chi connectivity index (χ1v) is 4.87. The smallest absolute Gasteiger partial charge is 0.336 e. The number of carbonyl (C=O) groups is 1. The lowest BCUT2D eigenvalue weighted by Gasteiger charge is -1.99. The Morgan fingerprint density at radius 3 is 2.94 bits per heavy atom. The summed E-state index contributed by atoms with van der Waals surface area (Å²) in [5.41, 5.74) is 0.553. The van der Waals surface area contributed by atoms with Crippen LogP contribution in [0.4, 0.5) is 5.95 Å². The number of carbonyl (C=O) groups excluding carboxylic acids is 1. The predicted molar refractivity (Wildman–Crippen MR) is 59.8 cm³/mol. The van der Waals surface area contributed by atoms with Gasteiger partial charge >= 0.3 is 6.01 Å². The summed E-state index contributed by atoms with van der Waals surface area (Å²) < 4.78 is 4.76. The van der Waals surface area contributed by atoms with Gasteiger partial charge in [0.15, 0.2) is 0 Å². The minimum absolute atomic E-state index is 0.123. The van der Waals surface area contributed by atoms with Gasteiger partial charge in [0.25, 0.3) is 5.91 Å². The van der Waals surface area contributed by atoms with Crippen molar-refractivity contribution in [3.8, 4) is 12.1 Å². The first-order valence-electron chi connectivity index (χ1n) is 4.87. The van der Waals surface area contributed by atoms with Gasteiger partial charge in [0.1, 0.15) is 11.8 Å². The molecule has 2 aromatic heterocycles. The van der Waals surface area contributed by atoms with E-state index in [9.17, 15) is 4.79 Å². The van der Waals surface area contributed by atoms with Crippen LogP contribution in [0, 0.1) is 11.3 Å². The number of nitriles is 1. The number of methoxy groups -OCH3 is 1. The summed E-state index contributed by atoms with van der Waals surface area (Å²) >= 11 is 0. The predicted octanol–water partition coefficient (Wildman–Crippen LogP) is 0.332.